The first kappa shape index (κ1) is 16.9. The van der Waals surface area contributed by atoms with E-state index in [9.17, 15) is 0 Å². The van der Waals surface area contributed by atoms with Crippen LogP contribution in [0.1, 0.15) is 43.4 Å². The summed E-state index contributed by atoms with van der Waals surface area (Å²) in [6.45, 7) is 7.77. The van der Waals surface area contributed by atoms with Crippen molar-refractivity contribution in [3.63, 3.8) is 0 Å². The number of aromatic nitrogens is 3. The van der Waals surface area contributed by atoms with Crippen LogP contribution in [-0.2, 0) is 0 Å². The van der Waals surface area contributed by atoms with Crippen LogP contribution >= 0.6 is 0 Å². The molecule has 3 aromatic rings. The molecule has 0 amide bonds. The molecule has 1 fully saturated rings. The highest BCUT2D eigenvalue weighted by Crippen LogP contribution is 2.26. The molecule has 3 heterocycles. The fraction of sp³-hybridized carbons (Fsp3) is 0.381. The third kappa shape index (κ3) is 3.53. The molecule has 1 aromatic carbocycles. The number of rotatable bonds is 6. The van der Waals surface area contributed by atoms with Crippen molar-refractivity contribution in [2.75, 3.05) is 25.0 Å². The largest absolute Gasteiger partial charge is 0.360 e. The lowest BCUT2D eigenvalue weighted by Gasteiger charge is -2.34. The highest BCUT2D eigenvalue weighted by atomic mass is 15.2. The monoisotopic (exact) mass is 347 g/mol. The van der Waals surface area contributed by atoms with Gasteiger partial charge in [0.2, 0.25) is 0 Å². The Morgan fingerprint density at radius 3 is 2.46 bits per heavy atom. The molecule has 0 bridgehead atoms. The first-order valence-electron chi connectivity index (χ1n) is 9.35. The lowest BCUT2D eigenvalue weighted by atomic mass is 9.98. The second-order valence-corrected chi connectivity index (χ2v) is 7.27. The van der Waals surface area contributed by atoms with Crippen LogP contribution in [0.4, 0.5) is 5.82 Å². The molecule has 0 unspecified atom stereocenters. The fourth-order valence-corrected chi connectivity index (χ4v) is 3.33. The van der Waals surface area contributed by atoms with Crippen LogP contribution in [0, 0.1) is 0 Å². The number of benzene rings is 1. The molecule has 0 aliphatic carbocycles. The third-order valence-corrected chi connectivity index (χ3v) is 5.10. The molecule has 1 atom stereocenters. The standard InChI is InChI=1S/C21H25N5/c1-15(2)16-6-8-17(9-7-16)19(13-26-11-4-12-26)25-21-20-18(23-14-24-21)5-3-10-22-20/h3,5-10,14-15,19H,4,11-13H2,1-2H3,(H,23,24,25)/t19-/m1/s1. The minimum absolute atomic E-state index is 0.177. The lowest BCUT2D eigenvalue weighted by Crippen LogP contribution is -2.41. The number of hydrogen-bond donors (Lipinski definition) is 1. The van der Waals surface area contributed by atoms with Gasteiger partial charge in [-0.1, -0.05) is 38.1 Å². The summed E-state index contributed by atoms with van der Waals surface area (Å²) in [6.07, 6.45) is 4.69. The lowest BCUT2D eigenvalue weighted by molar-refractivity contribution is 0.174. The van der Waals surface area contributed by atoms with Gasteiger partial charge in [-0.15, -0.1) is 0 Å². The summed E-state index contributed by atoms with van der Waals surface area (Å²) < 4.78 is 0. The summed E-state index contributed by atoms with van der Waals surface area (Å²) in [5.41, 5.74) is 4.33. The highest BCUT2D eigenvalue weighted by Gasteiger charge is 2.22. The van der Waals surface area contributed by atoms with Crippen LogP contribution in [-0.4, -0.2) is 39.5 Å². The molecule has 0 spiro atoms. The number of nitrogens with one attached hydrogen (secondary N) is 1. The van der Waals surface area contributed by atoms with E-state index in [1.165, 1.54) is 30.6 Å². The van der Waals surface area contributed by atoms with Crippen LogP contribution in [0.3, 0.4) is 0 Å². The molecule has 5 nitrogen and oxygen atoms in total. The first-order valence-corrected chi connectivity index (χ1v) is 9.35. The van der Waals surface area contributed by atoms with Crippen molar-refractivity contribution in [3.8, 4) is 0 Å². The molecule has 1 N–H and O–H groups in total. The smallest absolute Gasteiger partial charge is 0.156 e. The van der Waals surface area contributed by atoms with Crippen molar-refractivity contribution in [3.05, 3.63) is 60.0 Å². The van der Waals surface area contributed by atoms with Gasteiger partial charge in [-0.25, -0.2) is 9.97 Å². The zero-order valence-electron chi connectivity index (χ0n) is 15.4. The Hall–Kier alpha value is -2.53. The number of pyridine rings is 1. The zero-order valence-corrected chi connectivity index (χ0v) is 15.4. The van der Waals surface area contributed by atoms with Crippen molar-refractivity contribution >= 4 is 16.9 Å². The van der Waals surface area contributed by atoms with Crippen molar-refractivity contribution in [1.29, 1.82) is 0 Å². The van der Waals surface area contributed by atoms with E-state index in [2.05, 4.69) is 63.3 Å². The summed E-state index contributed by atoms with van der Waals surface area (Å²) in [6, 6.07) is 13.0. The summed E-state index contributed by atoms with van der Waals surface area (Å²) in [7, 11) is 0. The van der Waals surface area contributed by atoms with Gasteiger partial charge in [-0.3, -0.25) is 4.98 Å². The van der Waals surface area contributed by atoms with E-state index >= 15 is 0 Å². The molecule has 134 valence electrons. The SMILES string of the molecule is CC(C)c1ccc([C@@H](CN2CCC2)Nc2ncnc3cccnc23)cc1. The summed E-state index contributed by atoms with van der Waals surface area (Å²) in [4.78, 5) is 15.7. The van der Waals surface area contributed by atoms with Gasteiger partial charge in [-0.05, 0) is 48.7 Å². The number of likely N-dealkylation sites (tertiary alicyclic amines) is 1. The summed E-state index contributed by atoms with van der Waals surface area (Å²) >= 11 is 0. The van der Waals surface area contributed by atoms with Crippen LogP contribution in [0.15, 0.2) is 48.9 Å². The maximum Gasteiger partial charge on any atom is 0.156 e. The Kier molecular flexibility index (Phi) is 4.80. The fourth-order valence-electron chi connectivity index (χ4n) is 3.33. The second kappa shape index (κ2) is 7.38. The van der Waals surface area contributed by atoms with E-state index in [4.69, 9.17) is 0 Å². The number of hydrogen-bond acceptors (Lipinski definition) is 5. The van der Waals surface area contributed by atoms with Crippen LogP contribution in [0.5, 0.6) is 0 Å². The van der Waals surface area contributed by atoms with Crippen LogP contribution in [0.25, 0.3) is 11.0 Å². The van der Waals surface area contributed by atoms with E-state index in [0.29, 0.717) is 5.92 Å². The third-order valence-electron chi connectivity index (χ3n) is 5.10. The highest BCUT2D eigenvalue weighted by molar-refractivity contribution is 5.84. The van der Waals surface area contributed by atoms with E-state index in [0.717, 1.165) is 23.4 Å². The first-order chi connectivity index (χ1) is 12.7. The Labute approximate surface area is 154 Å². The van der Waals surface area contributed by atoms with Gasteiger partial charge in [-0.2, -0.15) is 0 Å². The topological polar surface area (TPSA) is 53.9 Å². The predicted octanol–water partition coefficient (Wildman–Crippen LogP) is 4.01. The Morgan fingerprint density at radius 1 is 1.00 bits per heavy atom. The molecule has 1 saturated heterocycles. The van der Waals surface area contributed by atoms with Gasteiger partial charge >= 0.3 is 0 Å². The predicted molar refractivity (Wildman–Crippen MR) is 105 cm³/mol. The molecule has 0 radical (unpaired) electrons. The van der Waals surface area contributed by atoms with E-state index in [1.54, 1.807) is 12.5 Å². The van der Waals surface area contributed by atoms with E-state index in [-0.39, 0.29) is 6.04 Å². The minimum atomic E-state index is 0.177. The molecular formula is C21H25N5. The average Bonchev–Trinajstić information content (AvgIpc) is 2.64. The number of anilines is 1. The van der Waals surface area contributed by atoms with E-state index in [1.807, 2.05) is 12.1 Å². The molecule has 4 rings (SSSR count). The second-order valence-electron chi connectivity index (χ2n) is 7.27. The normalized spacial score (nSPS) is 15.8. The quantitative estimate of drug-likeness (QED) is 0.730. The Bertz CT molecular complexity index is 866. The summed E-state index contributed by atoms with van der Waals surface area (Å²) in [5, 5.41) is 3.63. The molecule has 0 saturated carbocycles. The van der Waals surface area contributed by atoms with Gasteiger partial charge in [0.05, 0.1) is 11.6 Å². The Balaban J connectivity index is 1.64. The molecule has 1 aliphatic rings. The Morgan fingerprint density at radius 2 is 1.77 bits per heavy atom. The van der Waals surface area contributed by atoms with Crippen molar-refractivity contribution < 1.29 is 0 Å². The number of nitrogens with zero attached hydrogens (tertiary/aromatic N) is 4. The molecule has 2 aromatic heterocycles. The minimum Gasteiger partial charge on any atom is -0.360 e. The van der Waals surface area contributed by atoms with Gasteiger partial charge < -0.3 is 10.2 Å². The van der Waals surface area contributed by atoms with Gasteiger partial charge in [0.25, 0.3) is 0 Å². The maximum absolute atomic E-state index is 4.48. The van der Waals surface area contributed by atoms with Gasteiger partial charge in [0.1, 0.15) is 11.8 Å². The van der Waals surface area contributed by atoms with Crippen molar-refractivity contribution in [2.24, 2.45) is 0 Å². The molecule has 26 heavy (non-hydrogen) atoms. The maximum atomic E-state index is 4.48. The van der Waals surface area contributed by atoms with Crippen LogP contribution in [0.2, 0.25) is 0 Å². The van der Waals surface area contributed by atoms with Crippen molar-refractivity contribution in [2.45, 2.75) is 32.2 Å². The van der Waals surface area contributed by atoms with Crippen LogP contribution < -0.4 is 5.32 Å². The summed E-state index contributed by atoms with van der Waals surface area (Å²) in [5.74, 6) is 1.34. The average molecular weight is 347 g/mol. The van der Waals surface area contributed by atoms with Gasteiger partial charge in [0, 0.05) is 12.7 Å². The zero-order chi connectivity index (χ0) is 17.9. The molecule has 1 aliphatic heterocycles. The van der Waals surface area contributed by atoms with Crippen molar-refractivity contribution in [1.82, 2.24) is 19.9 Å². The van der Waals surface area contributed by atoms with Gasteiger partial charge in [0.15, 0.2) is 5.82 Å². The molecular weight excluding hydrogens is 322 g/mol. The van der Waals surface area contributed by atoms with E-state index < -0.39 is 0 Å². The molecule has 5 heteroatoms. The number of fused-ring (bicyclic) bond motifs is 1.